The minimum Gasteiger partial charge on any atom is -0.396 e. The fourth-order valence-electron chi connectivity index (χ4n) is 1.43. The molecule has 0 aromatic heterocycles. The molecule has 16 heavy (non-hydrogen) atoms. The molecule has 0 aliphatic heterocycles. The van der Waals surface area contributed by atoms with E-state index < -0.39 is 6.10 Å². The van der Waals surface area contributed by atoms with Crippen LogP contribution in [-0.4, -0.2) is 22.7 Å². The summed E-state index contributed by atoms with van der Waals surface area (Å²) in [6, 6.07) is 7.13. The van der Waals surface area contributed by atoms with Crippen molar-refractivity contribution in [2.45, 2.75) is 25.9 Å². The van der Waals surface area contributed by atoms with E-state index in [9.17, 15) is 9.90 Å². The number of rotatable bonds is 5. The first-order valence-electron chi connectivity index (χ1n) is 5.33. The summed E-state index contributed by atoms with van der Waals surface area (Å²) in [6.07, 6.45) is 0.113. The zero-order valence-electron chi connectivity index (χ0n) is 9.31. The van der Waals surface area contributed by atoms with Gasteiger partial charge in [0, 0.05) is 24.3 Å². The van der Waals surface area contributed by atoms with E-state index in [2.05, 4.69) is 5.32 Å². The number of amides is 1. The molecule has 0 saturated carbocycles. The molecule has 1 rings (SSSR count). The van der Waals surface area contributed by atoms with Gasteiger partial charge in [0.2, 0.25) is 5.91 Å². The van der Waals surface area contributed by atoms with E-state index in [1.165, 1.54) is 0 Å². The number of carbonyl (C=O) groups excluding carboxylic acids is 1. The molecule has 1 aromatic carbocycles. The van der Waals surface area contributed by atoms with E-state index >= 15 is 0 Å². The molecule has 88 valence electrons. The number of hydrogen-bond acceptors (Lipinski definition) is 3. The van der Waals surface area contributed by atoms with Crippen molar-refractivity contribution in [3.63, 3.8) is 0 Å². The lowest BCUT2D eigenvalue weighted by Gasteiger charge is -2.12. The Hall–Kier alpha value is -1.39. The van der Waals surface area contributed by atoms with Crippen LogP contribution in [0.25, 0.3) is 0 Å². The fourth-order valence-corrected chi connectivity index (χ4v) is 1.43. The highest BCUT2D eigenvalue weighted by Crippen LogP contribution is 2.22. The van der Waals surface area contributed by atoms with Gasteiger partial charge in [-0.3, -0.25) is 4.79 Å². The highest BCUT2D eigenvalue weighted by Gasteiger charge is 2.09. The van der Waals surface area contributed by atoms with Crippen LogP contribution < -0.4 is 5.32 Å². The Morgan fingerprint density at radius 3 is 2.75 bits per heavy atom. The molecule has 0 aliphatic carbocycles. The van der Waals surface area contributed by atoms with Crippen LogP contribution in [0.2, 0.25) is 0 Å². The van der Waals surface area contributed by atoms with Gasteiger partial charge in [0.15, 0.2) is 0 Å². The standard InChI is InChI=1S/C12H17NO3/c1-9(15)10-5-2-3-6-11(10)13-12(16)7-4-8-14/h2-3,5-6,9,14-15H,4,7-8H2,1H3,(H,13,16). The molecule has 1 amide bonds. The largest absolute Gasteiger partial charge is 0.396 e. The number of hydrogen-bond donors (Lipinski definition) is 3. The third-order valence-corrected chi connectivity index (χ3v) is 2.25. The zero-order valence-corrected chi connectivity index (χ0v) is 9.31. The maximum Gasteiger partial charge on any atom is 0.224 e. The number of aliphatic hydroxyl groups is 2. The Bertz CT molecular complexity index is 350. The van der Waals surface area contributed by atoms with Crippen molar-refractivity contribution >= 4 is 11.6 Å². The van der Waals surface area contributed by atoms with Crippen molar-refractivity contribution in [1.82, 2.24) is 0 Å². The van der Waals surface area contributed by atoms with E-state index in [4.69, 9.17) is 5.11 Å². The smallest absolute Gasteiger partial charge is 0.224 e. The number of carbonyl (C=O) groups is 1. The second kappa shape index (κ2) is 6.25. The Morgan fingerprint density at radius 1 is 1.44 bits per heavy atom. The van der Waals surface area contributed by atoms with Gasteiger partial charge in [-0.1, -0.05) is 18.2 Å². The maximum absolute atomic E-state index is 11.4. The third-order valence-electron chi connectivity index (χ3n) is 2.25. The second-order valence-electron chi connectivity index (χ2n) is 3.64. The van der Waals surface area contributed by atoms with Crippen molar-refractivity contribution in [2.24, 2.45) is 0 Å². The van der Waals surface area contributed by atoms with Crippen LogP contribution in [0.1, 0.15) is 31.4 Å². The van der Waals surface area contributed by atoms with Crippen LogP contribution in [0.4, 0.5) is 5.69 Å². The molecule has 3 N–H and O–H groups in total. The van der Waals surface area contributed by atoms with Gasteiger partial charge < -0.3 is 15.5 Å². The first-order chi connectivity index (χ1) is 7.65. The monoisotopic (exact) mass is 223 g/mol. The first-order valence-corrected chi connectivity index (χ1v) is 5.33. The molecular weight excluding hydrogens is 206 g/mol. The summed E-state index contributed by atoms with van der Waals surface area (Å²) in [4.78, 5) is 11.4. The van der Waals surface area contributed by atoms with Crippen molar-refractivity contribution in [3.8, 4) is 0 Å². The molecule has 4 nitrogen and oxygen atoms in total. The Kier molecular flexibility index (Phi) is 4.95. The minimum atomic E-state index is -0.616. The second-order valence-corrected chi connectivity index (χ2v) is 3.64. The molecule has 1 unspecified atom stereocenters. The van der Waals surface area contributed by atoms with Gasteiger partial charge in [-0.25, -0.2) is 0 Å². The molecule has 0 heterocycles. The number of para-hydroxylation sites is 1. The first kappa shape index (κ1) is 12.7. The van der Waals surface area contributed by atoms with Crippen molar-refractivity contribution in [1.29, 1.82) is 0 Å². The number of anilines is 1. The van der Waals surface area contributed by atoms with Gasteiger partial charge in [0.1, 0.15) is 0 Å². The topological polar surface area (TPSA) is 69.6 Å². The van der Waals surface area contributed by atoms with E-state index in [1.54, 1.807) is 25.1 Å². The van der Waals surface area contributed by atoms with Gasteiger partial charge in [-0.05, 0) is 19.4 Å². The molecular formula is C12H17NO3. The van der Waals surface area contributed by atoms with Crippen molar-refractivity contribution < 1.29 is 15.0 Å². The summed E-state index contributed by atoms with van der Waals surface area (Å²) in [7, 11) is 0. The van der Waals surface area contributed by atoms with Crippen LogP contribution in [0.15, 0.2) is 24.3 Å². The van der Waals surface area contributed by atoms with Gasteiger partial charge in [-0.2, -0.15) is 0 Å². The minimum absolute atomic E-state index is 0.00543. The summed E-state index contributed by atoms with van der Waals surface area (Å²) in [5, 5.41) is 20.8. The molecule has 4 heteroatoms. The Morgan fingerprint density at radius 2 is 2.12 bits per heavy atom. The van der Waals surface area contributed by atoms with E-state index in [0.717, 1.165) is 0 Å². The summed E-state index contributed by atoms with van der Waals surface area (Å²) in [5.41, 5.74) is 1.32. The van der Waals surface area contributed by atoms with Crippen LogP contribution in [0.5, 0.6) is 0 Å². The Labute approximate surface area is 94.9 Å². The van der Waals surface area contributed by atoms with Crippen LogP contribution >= 0.6 is 0 Å². The highest BCUT2D eigenvalue weighted by molar-refractivity contribution is 5.91. The highest BCUT2D eigenvalue weighted by atomic mass is 16.3. The van der Waals surface area contributed by atoms with E-state index in [0.29, 0.717) is 17.7 Å². The van der Waals surface area contributed by atoms with Crippen LogP contribution in [0.3, 0.4) is 0 Å². The van der Waals surface area contributed by atoms with Crippen molar-refractivity contribution in [3.05, 3.63) is 29.8 Å². The summed E-state index contributed by atoms with van der Waals surface area (Å²) < 4.78 is 0. The summed E-state index contributed by atoms with van der Waals surface area (Å²) >= 11 is 0. The molecule has 0 radical (unpaired) electrons. The fraction of sp³-hybridized carbons (Fsp3) is 0.417. The van der Waals surface area contributed by atoms with Gasteiger partial charge in [0.05, 0.1) is 6.10 Å². The molecule has 1 atom stereocenters. The molecule has 0 aliphatic rings. The number of aliphatic hydroxyl groups excluding tert-OH is 2. The zero-order chi connectivity index (χ0) is 12.0. The lowest BCUT2D eigenvalue weighted by molar-refractivity contribution is -0.116. The van der Waals surface area contributed by atoms with Gasteiger partial charge >= 0.3 is 0 Å². The average molecular weight is 223 g/mol. The average Bonchev–Trinajstić information content (AvgIpc) is 2.27. The van der Waals surface area contributed by atoms with Gasteiger partial charge in [-0.15, -0.1) is 0 Å². The number of nitrogens with one attached hydrogen (secondary N) is 1. The molecule has 0 spiro atoms. The SMILES string of the molecule is CC(O)c1ccccc1NC(=O)CCCO. The summed E-state index contributed by atoms with van der Waals surface area (Å²) in [6.45, 7) is 1.66. The molecule has 0 saturated heterocycles. The normalized spacial score (nSPS) is 12.2. The van der Waals surface area contributed by atoms with E-state index in [1.807, 2.05) is 6.07 Å². The number of benzene rings is 1. The Balaban J connectivity index is 2.69. The predicted octanol–water partition coefficient (Wildman–Crippen LogP) is 1.45. The van der Waals surface area contributed by atoms with Crippen molar-refractivity contribution in [2.75, 3.05) is 11.9 Å². The lowest BCUT2D eigenvalue weighted by Crippen LogP contribution is -2.13. The lowest BCUT2D eigenvalue weighted by atomic mass is 10.1. The molecule has 0 bridgehead atoms. The molecule has 1 aromatic rings. The third kappa shape index (κ3) is 3.64. The maximum atomic E-state index is 11.4. The van der Waals surface area contributed by atoms with Crippen LogP contribution in [0, 0.1) is 0 Å². The van der Waals surface area contributed by atoms with Gasteiger partial charge in [0.25, 0.3) is 0 Å². The predicted molar refractivity (Wildman–Crippen MR) is 62.0 cm³/mol. The summed E-state index contributed by atoms with van der Waals surface area (Å²) in [5.74, 6) is -0.151. The van der Waals surface area contributed by atoms with E-state index in [-0.39, 0.29) is 18.9 Å². The quantitative estimate of drug-likeness (QED) is 0.707. The molecule has 0 fully saturated rings. The van der Waals surface area contributed by atoms with Crippen LogP contribution in [-0.2, 0) is 4.79 Å².